The van der Waals surface area contributed by atoms with E-state index < -0.39 is 0 Å². The Morgan fingerprint density at radius 2 is 1.78 bits per heavy atom. The Kier molecular flexibility index (Phi) is 9.33. The molecule has 0 spiro atoms. The number of halogens is 1. The van der Waals surface area contributed by atoms with Crippen LogP contribution in [0, 0.1) is 0 Å². The molecule has 2 aromatic rings. The standard InChI is InChI=1S/C26H28ClN3OS.C3H7NO/c1-2-30-23(18-11-8-12-18)21-17-20(27)13-14-22(21)28-26(30)32-24(19-9-4-3-5-10-19)25(31)29-15-6-7-16-29;1-4(2)3-5/h3-5,9-10,13-14,17,24H,2,6-8,11-12,15-16H2,1H3;3H,1-2H3. The van der Waals surface area contributed by atoms with E-state index in [1.165, 1.54) is 22.6 Å². The maximum Gasteiger partial charge on any atom is 0.240 e. The number of aliphatic imine (C=N–C) groups is 1. The second kappa shape index (κ2) is 12.7. The van der Waals surface area contributed by atoms with Gasteiger partial charge in [-0.1, -0.05) is 53.7 Å². The van der Waals surface area contributed by atoms with Crippen LogP contribution in [0.4, 0.5) is 5.69 Å². The topological polar surface area (TPSA) is 56.2 Å². The lowest BCUT2D eigenvalue weighted by atomic mass is 9.87. The molecule has 1 unspecified atom stereocenters. The number of benzene rings is 2. The quantitative estimate of drug-likeness (QED) is 0.416. The third-order valence-electron chi connectivity index (χ3n) is 6.72. The zero-order valence-corrected chi connectivity index (χ0v) is 23.4. The van der Waals surface area contributed by atoms with Gasteiger partial charge in [0.15, 0.2) is 5.17 Å². The molecule has 1 saturated heterocycles. The van der Waals surface area contributed by atoms with Crippen molar-refractivity contribution in [3.05, 3.63) is 70.3 Å². The lowest BCUT2D eigenvalue weighted by Gasteiger charge is -2.37. The van der Waals surface area contributed by atoms with E-state index in [0.717, 1.165) is 78.7 Å². The summed E-state index contributed by atoms with van der Waals surface area (Å²) in [6.07, 6.45) is 6.38. The second-order valence-corrected chi connectivity index (χ2v) is 11.1. The highest BCUT2D eigenvalue weighted by atomic mass is 35.5. The summed E-state index contributed by atoms with van der Waals surface area (Å²) < 4.78 is 0. The fraction of sp³-hybridized carbons (Fsp3) is 0.414. The minimum Gasteiger partial charge on any atom is -0.351 e. The molecule has 8 heteroatoms. The maximum atomic E-state index is 13.6. The van der Waals surface area contributed by atoms with Gasteiger partial charge in [-0.25, -0.2) is 4.99 Å². The van der Waals surface area contributed by atoms with E-state index in [1.807, 2.05) is 41.3 Å². The lowest BCUT2D eigenvalue weighted by molar-refractivity contribution is -0.129. The first-order valence-electron chi connectivity index (χ1n) is 12.9. The average molecular weight is 539 g/mol. The van der Waals surface area contributed by atoms with Crippen LogP contribution in [0.3, 0.4) is 0 Å². The molecule has 1 atom stereocenters. The molecular weight excluding hydrogens is 504 g/mol. The third kappa shape index (κ3) is 6.39. The van der Waals surface area contributed by atoms with Crippen LogP contribution in [0.1, 0.15) is 55.4 Å². The number of likely N-dealkylation sites (tertiary alicyclic amines) is 1. The predicted octanol–water partition coefficient (Wildman–Crippen LogP) is 6.36. The van der Waals surface area contributed by atoms with Crippen molar-refractivity contribution in [1.29, 1.82) is 0 Å². The molecule has 0 N–H and O–H groups in total. The number of hydrogen-bond donors (Lipinski definition) is 0. The smallest absolute Gasteiger partial charge is 0.240 e. The Hall–Kier alpha value is -2.77. The monoisotopic (exact) mass is 538 g/mol. The van der Waals surface area contributed by atoms with Gasteiger partial charge < -0.3 is 14.7 Å². The Balaban J connectivity index is 0.000000586. The molecule has 37 heavy (non-hydrogen) atoms. The van der Waals surface area contributed by atoms with Crippen molar-refractivity contribution >= 4 is 52.2 Å². The van der Waals surface area contributed by atoms with E-state index in [-0.39, 0.29) is 11.2 Å². The molecule has 2 amide bonds. The van der Waals surface area contributed by atoms with Crippen molar-refractivity contribution in [2.24, 2.45) is 4.99 Å². The lowest BCUT2D eigenvalue weighted by Crippen LogP contribution is -2.35. The summed E-state index contributed by atoms with van der Waals surface area (Å²) >= 11 is 7.96. The number of amides is 2. The van der Waals surface area contributed by atoms with Crippen molar-refractivity contribution < 1.29 is 9.59 Å². The Bertz CT molecular complexity index is 1170. The van der Waals surface area contributed by atoms with Crippen LogP contribution in [0.5, 0.6) is 0 Å². The van der Waals surface area contributed by atoms with Gasteiger partial charge in [0, 0.05) is 44.3 Å². The first-order valence-corrected chi connectivity index (χ1v) is 14.2. The van der Waals surface area contributed by atoms with Crippen LogP contribution in [0.15, 0.2) is 59.1 Å². The van der Waals surface area contributed by atoms with E-state index in [0.29, 0.717) is 0 Å². The molecule has 2 fully saturated rings. The SMILES string of the molecule is CCN1C(SC(C(=O)N2CCCC2)c2ccccc2)=Nc2ccc(Cl)cc2C1=C1CCC1.CN(C)C=O. The van der Waals surface area contributed by atoms with Gasteiger partial charge in [-0.15, -0.1) is 0 Å². The van der Waals surface area contributed by atoms with Crippen molar-refractivity contribution in [2.75, 3.05) is 33.7 Å². The zero-order valence-electron chi connectivity index (χ0n) is 21.8. The largest absolute Gasteiger partial charge is 0.351 e. The summed E-state index contributed by atoms with van der Waals surface area (Å²) in [4.78, 5) is 33.8. The molecule has 3 aliphatic rings. The van der Waals surface area contributed by atoms with Crippen LogP contribution < -0.4 is 0 Å². The van der Waals surface area contributed by atoms with Gasteiger partial charge >= 0.3 is 0 Å². The van der Waals surface area contributed by atoms with Crippen molar-refractivity contribution in [3.8, 4) is 0 Å². The minimum atomic E-state index is -0.302. The Morgan fingerprint density at radius 3 is 2.35 bits per heavy atom. The highest BCUT2D eigenvalue weighted by molar-refractivity contribution is 8.14. The third-order valence-corrected chi connectivity index (χ3v) is 8.18. The van der Waals surface area contributed by atoms with E-state index in [4.69, 9.17) is 16.6 Å². The molecule has 0 bridgehead atoms. The number of hydrogen-bond acceptors (Lipinski definition) is 5. The van der Waals surface area contributed by atoms with Gasteiger partial charge in [0.1, 0.15) is 5.25 Å². The molecule has 2 aromatic carbocycles. The second-order valence-electron chi connectivity index (χ2n) is 9.62. The first kappa shape index (κ1) is 27.3. The van der Waals surface area contributed by atoms with Crippen LogP contribution in [-0.2, 0) is 9.59 Å². The maximum absolute atomic E-state index is 13.6. The minimum absolute atomic E-state index is 0.192. The van der Waals surface area contributed by atoms with Crippen LogP contribution in [0.25, 0.3) is 5.70 Å². The molecule has 6 nitrogen and oxygen atoms in total. The summed E-state index contributed by atoms with van der Waals surface area (Å²) in [5.74, 6) is 0.192. The number of allylic oxidation sites excluding steroid dienone is 1. The number of amidine groups is 1. The molecule has 2 aliphatic heterocycles. The van der Waals surface area contributed by atoms with Gasteiger partial charge in [0.2, 0.25) is 12.3 Å². The van der Waals surface area contributed by atoms with Gasteiger partial charge in [0.25, 0.3) is 0 Å². The number of carbonyl (C=O) groups excluding carboxylic acids is 2. The molecular formula is C29H35ClN4O2S. The Labute approximate surface area is 229 Å². The summed E-state index contributed by atoms with van der Waals surface area (Å²) in [5, 5.41) is 1.33. The first-order chi connectivity index (χ1) is 17.9. The molecule has 0 radical (unpaired) electrons. The van der Waals surface area contributed by atoms with Crippen LogP contribution in [0.2, 0.25) is 5.02 Å². The highest BCUT2D eigenvalue weighted by Gasteiger charge is 2.35. The molecule has 1 aliphatic carbocycles. The van der Waals surface area contributed by atoms with Crippen molar-refractivity contribution in [2.45, 2.75) is 44.3 Å². The summed E-state index contributed by atoms with van der Waals surface area (Å²) in [5.41, 5.74) is 5.80. The predicted molar refractivity (Wildman–Crippen MR) is 154 cm³/mol. The number of nitrogens with zero attached hydrogens (tertiary/aromatic N) is 4. The molecule has 196 valence electrons. The molecule has 1 saturated carbocycles. The molecule has 0 aromatic heterocycles. The zero-order chi connectivity index (χ0) is 26.4. The number of fused-ring (bicyclic) bond motifs is 1. The number of thioether (sulfide) groups is 1. The summed E-state index contributed by atoms with van der Waals surface area (Å²) in [7, 11) is 3.38. The normalized spacial score (nSPS) is 17.2. The van der Waals surface area contributed by atoms with E-state index in [2.05, 4.69) is 24.0 Å². The van der Waals surface area contributed by atoms with Crippen molar-refractivity contribution in [1.82, 2.24) is 14.7 Å². The van der Waals surface area contributed by atoms with Gasteiger partial charge in [0.05, 0.1) is 11.4 Å². The molecule has 5 rings (SSSR count). The van der Waals surface area contributed by atoms with Crippen LogP contribution >= 0.6 is 23.4 Å². The van der Waals surface area contributed by atoms with Crippen molar-refractivity contribution in [3.63, 3.8) is 0 Å². The van der Waals surface area contributed by atoms with Gasteiger partial charge in [-0.3, -0.25) is 9.59 Å². The van der Waals surface area contributed by atoms with E-state index in [1.54, 1.807) is 25.9 Å². The van der Waals surface area contributed by atoms with E-state index in [9.17, 15) is 9.59 Å². The molecule has 2 heterocycles. The highest BCUT2D eigenvalue weighted by Crippen LogP contribution is 2.46. The van der Waals surface area contributed by atoms with E-state index >= 15 is 0 Å². The average Bonchev–Trinajstić information content (AvgIpc) is 3.42. The van der Waals surface area contributed by atoms with Crippen LogP contribution in [-0.4, -0.2) is 65.9 Å². The van der Waals surface area contributed by atoms with Gasteiger partial charge in [-0.05, 0) is 68.4 Å². The van der Waals surface area contributed by atoms with Gasteiger partial charge in [-0.2, -0.15) is 0 Å². The Morgan fingerprint density at radius 1 is 1.11 bits per heavy atom. The fourth-order valence-electron chi connectivity index (χ4n) is 4.65. The fourth-order valence-corrected chi connectivity index (χ4v) is 6.08. The number of carbonyl (C=O) groups is 2. The number of rotatable bonds is 5. The summed E-state index contributed by atoms with van der Waals surface area (Å²) in [6, 6.07) is 16.1. The summed E-state index contributed by atoms with van der Waals surface area (Å²) in [6.45, 7) is 4.66.